The van der Waals surface area contributed by atoms with Gasteiger partial charge >= 0.3 is 15.5 Å². The van der Waals surface area contributed by atoms with Gasteiger partial charge in [0, 0.05) is 0 Å². The van der Waals surface area contributed by atoms with Crippen LogP contribution in [-0.2, 0) is 13.7 Å². The second kappa shape index (κ2) is 8.79. The molecule has 0 spiro atoms. The monoisotopic (exact) mass is 340 g/mol. The SMILES string of the molecule is CCO[P+](=O)CCOc1cccc([B]OC(C)(C)C(C)(C)O)c1. The molecule has 127 valence electrons. The van der Waals surface area contributed by atoms with Gasteiger partial charge in [0.2, 0.25) is 6.16 Å². The molecule has 7 heteroatoms. The van der Waals surface area contributed by atoms with Gasteiger partial charge in [-0.2, -0.15) is 0 Å². The van der Waals surface area contributed by atoms with Crippen molar-refractivity contribution in [1.29, 1.82) is 0 Å². The van der Waals surface area contributed by atoms with Crippen LogP contribution in [0.5, 0.6) is 5.75 Å². The van der Waals surface area contributed by atoms with E-state index in [-0.39, 0.29) is 0 Å². The lowest BCUT2D eigenvalue weighted by Crippen LogP contribution is -2.49. The lowest BCUT2D eigenvalue weighted by atomic mass is 9.82. The lowest BCUT2D eigenvalue weighted by molar-refractivity contribution is -0.0893. The molecule has 0 aliphatic carbocycles. The second-order valence-electron chi connectivity index (χ2n) is 6.20. The van der Waals surface area contributed by atoms with E-state index in [9.17, 15) is 9.67 Å². The van der Waals surface area contributed by atoms with Crippen LogP contribution < -0.4 is 10.2 Å². The van der Waals surface area contributed by atoms with E-state index in [1.807, 2.05) is 45.0 Å². The number of aliphatic hydroxyl groups is 1. The van der Waals surface area contributed by atoms with Gasteiger partial charge in [-0.25, -0.2) is 0 Å². The summed E-state index contributed by atoms with van der Waals surface area (Å²) in [6, 6.07) is 7.39. The van der Waals surface area contributed by atoms with Crippen LogP contribution in [0.1, 0.15) is 34.6 Å². The van der Waals surface area contributed by atoms with Crippen molar-refractivity contribution in [3.63, 3.8) is 0 Å². The fourth-order valence-corrected chi connectivity index (χ4v) is 2.14. The minimum Gasteiger partial charge on any atom is -0.489 e. The van der Waals surface area contributed by atoms with Crippen LogP contribution in [0.15, 0.2) is 24.3 Å². The Morgan fingerprint density at radius 1 is 1.26 bits per heavy atom. The van der Waals surface area contributed by atoms with Crippen molar-refractivity contribution in [2.45, 2.75) is 45.8 Å². The predicted octanol–water partition coefficient (Wildman–Crippen LogP) is 2.65. The Balaban J connectivity index is 2.52. The Labute approximate surface area is 140 Å². The summed E-state index contributed by atoms with van der Waals surface area (Å²) in [4.78, 5) is 0. The summed E-state index contributed by atoms with van der Waals surface area (Å²) < 4.78 is 27.7. The van der Waals surface area contributed by atoms with Crippen molar-refractivity contribution in [3.05, 3.63) is 24.3 Å². The molecule has 1 radical (unpaired) electrons. The molecule has 0 aromatic heterocycles. The molecule has 0 aliphatic rings. The van der Waals surface area contributed by atoms with Crippen LogP contribution >= 0.6 is 8.03 Å². The smallest absolute Gasteiger partial charge is 0.489 e. The highest BCUT2D eigenvalue weighted by Crippen LogP contribution is 2.24. The molecule has 1 aromatic rings. The normalized spacial score (nSPS) is 12.9. The average Bonchev–Trinajstić information content (AvgIpc) is 2.45. The van der Waals surface area contributed by atoms with Gasteiger partial charge in [-0.05, 0) is 56.8 Å². The van der Waals surface area contributed by atoms with E-state index in [1.54, 1.807) is 21.3 Å². The molecule has 1 unspecified atom stereocenters. The molecular formula is C16H26BO5P+. The molecule has 0 aliphatic heterocycles. The number of hydrogen-bond acceptors (Lipinski definition) is 5. The van der Waals surface area contributed by atoms with Crippen molar-refractivity contribution < 1.29 is 23.6 Å². The molecule has 5 nitrogen and oxygen atoms in total. The van der Waals surface area contributed by atoms with Crippen LogP contribution in [0.2, 0.25) is 0 Å². The first kappa shape index (κ1) is 20.1. The Morgan fingerprint density at radius 2 is 1.96 bits per heavy atom. The summed E-state index contributed by atoms with van der Waals surface area (Å²) in [5.74, 6) is 0.670. The molecule has 1 aromatic carbocycles. The molecule has 0 saturated carbocycles. The van der Waals surface area contributed by atoms with Gasteiger partial charge in [0.15, 0.2) is 0 Å². The van der Waals surface area contributed by atoms with Crippen LogP contribution in [0.4, 0.5) is 0 Å². The van der Waals surface area contributed by atoms with Gasteiger partial charge in [-0.3, -0.25) is 0 Å². The molecule has 0 bridgehead atoms. The number of ether oxygens (including phenoxy) is 1. The summed E-state index contributed by atoms with van der Waals surface area (Å²) in [7, 11) is -0.0524. The maximum atomic E-state index is 11.4. The van der Waals surface area contributed by atoms with Crippen LogP contribution in [0.25, 0.3) is 0 Å². The zero-order chi connectivity index (χ0) is 17.5. The highest BCUT2D eigenvalue weighted by molar-refractivity contribution is 7.39. The first-order chi connectivity index (χ1) is 10.7. The van der Waals surface area contributed by atoms with Crippen LogP contribution in [0, 0.1) is 0 Å². The highest BCUT2D eigenvalue weighted by Gasteiger charge is 2.35. The average molecular weight is 340 g/mol. The highest BCUT2D eigenvalue weighted by atomic mass is 31.1. The van der Waals surface area contributed by atoms with Crippen molar-refractivity contribution >= 4 is 21.0 Å². The topological polar surface area (TPSA) is 65.0 Å². The first-order valence-corrected chi connectivity index (χ1v) is 9.06. The van der Waals surface area contributed by atoms with Crippen LogP contribution in [-0.4, -0.2) is 43.2 Å². The second-order valence-corrected chi connectivity index (χ2v) is 7.57. The van der Waals surface area contributed by atoms with E-state index in [2.05, 4.69) is 0 Å². The third-order valence-corrected chi connectivity index (χ3v) is 4.73. The van der Waals surface area contributed by atoms with E-state index in [4.69, 9.17) is 13.9 Å². The van der Waals surface area contributed by atoms with Crippen molar-refractivity contribution in [3.8, 4) is 5.75 Å². The zero-order valence-corrected chi connectivity index (χ0v) is 15.4. The quantitative estimate of drug-likeness (QED) is 0.524. The number of rotatable bonds is 10. The Hall–Kier alpha value is -0.935. The fraction of sp³-hybridized carbons (Fsp3) is 0.625. The van der Waals surface area contributed by atoms with Crippen molar-refractivity contribution in [2.75, 3.05) is 19.4 Å². The van der Waals surface area contributed by atoms with Gasteiger partial charge in [-0.1, -0.05) is 12.1 Å². The molecule has 0 saturated heterocycles. The van der Waals surface area contributed by atoms with E-state index in [1.165, 1.54) is 0 Å². The molecular weight excluding hydrogens is 314 g/mol. The molecule has 1 atom stereocenters. The number of hydrogen-bond donors (Lipinski definition) is 1. The molecule has 1 N–H and O–H groups in total. The fourth-order valence-electron chi connectivity index (χ4n) is 1.48. The molecule has 1 rings (SSSR count). The molecule has 0 fully saturated rings. The van der Waals surface area contributed by atoms with Gasteiger partial charge in [-0.15, -0.1) is 4.52 Å². The third kappa shape index (κ3) is 7.00. The van der Waals surface area contributed by atoms with Crippen molar-refractivity contribution in [2.24, 2.45) is 0 Å². The molecule has 0 heterocycles. The van der Waals surface area contributed by atoms with Gasteiger partial charge in [0.05, 0.1) is 17.8 Å². The first-order valence-electron chi connectivity index (χ1n) is 7.69. The molecule has 0 amide bonds. The largest absolute Gasteiger partial charge is 0.511 e. The van der Waals surface area contributed by atoms with Crippen LogP contribution in [0.3, 0.4) is 0 Å². The van der Waals surface area contributed by atoms with Crippen molar-refractivity contribution in [1.82, 2.24) is 0 Å². The van der Waals surface area contributed by atoms with Gasteiger partial charge in [0.25, 0.3) is 0 Å². The summed E-state index contributed by atoms with van der Waals surface area (Å²) in [5.41, 5.74) is -0.865. The Morgan fingerprint density at radius 3 is 2.57 bits per heavy atom. The maximum absolute atomic E-state index is 11.4. The van der Waals surface area contributed by atoms with Gasteiger partial charge < -0.3 is 14.5 Å². The summed E-state index contributed by atoms with van der Waals surface area (Å²) >= 11 is 0. The minimum atomic E-state index is -1.66. The summed E-state index contributed by atoms with van der Waals surface area (Å²) in [5, 5.41) is 10.1. The zero-order valence-electron chi connectivity index (χ0n) is 14.5. The van der Waals surface area contributed by atoms with E-state index >= 15 is 0 Å². The van der Waals surface area contributed by atoms with E-state index < -0.39 is 19.2 Å². The van der Waals surface area contributed by atoms with E-state index in [0.717, 1.165) is 5.46 Å². The summed E-state index contributed by atoms with van der Waals surface area (Å²) in [6.07, 6.45) is 0.360. The van der Waals surface area contributed by atoms with Gasteiger partial charge in [0.1, 0.15) is 12.4 Å². The number of benzene rings is 1. The predicted molar refractivity (Wildman–Crippen MR) is 92.9 cm³/mol. The third-order valence-electron chi connectivity index (χ3n) is 3.64. The minimum absolute atomic E-state index is 0.328. The summed E-state index contributed by atoms with van der Waals surface area (Å²) in [6.45, 7) is 9.65. The standard InChI is InChI=1S/C16H26BO5P/c1-6-21-23(19)11-10-20-14-9-7-8-13(12-14)17-22-16(4,5)15(2,3)18/h7-9,12,18H,6,10-11H2,1-5H3/q+1. The van der Waals surface area contributed by atoms with E-state index in [0.29, 0.717) is 25.1 Å². The Kier molecular flexibility index (Phi) is 7.68. The molecule has 23 heavy (non-hydrogen) atoms. The maximum Gasteiger partial charge on any atom is 0.511 e. The lowest BCUT2D eigenvalue weighted by Gasteiger charge is -2.37. The Bertz CT molecular complexity index is 513.